The second-order valence-electron chi connectivity index (χ2n) is 6.78. The molecule has 2 saturated heterocycles. The number of halogens is 2. The predicted molar refractivity (Wildman–Crippen MR) is 112 cm³/mol. The lowest BCUT2D eigenvalue weighted by molar-refractivity contribution is -0.147. The van der Waals surface area contributed by atoms with Gasteiger partial charge in [0.05, 0.1) is 17.7 Å². The van der Waals surface area contributed by atoms with Crippen LogP contribution in [0.4, 0.5) is 5.69 Å². The van der Waals surface area contributed by atoms with Gasteiger partial charge in [-0.1, -0.05) is 12.1 Å². The van der Waals surface area contributed by atoms with Crippen LogP contribution in [0, 0.1) is 5.41 Å². The molecule has 2 N–H and O–H groups in total. The number of rotatable bonds is 5. The molecule has 1 aromatic carbocycles. The number of anilines is 1. The van der Waals surface area contributed by atoms with Gasteiger partial charge in [-0.15, -0.1) is 24.8 Å². The molecule has 1 amide bonds. The van der Waals surface area contributed by atoms with Crippen molar-refractivity contribution in [1.82, 2.24) is 4.90 Å². The summed E-state index contributed by atoms with van der Waals surface area (Å²) in [5.74, 6) is 1.11. The van der Waals surface area contributed by atoms with E-state index in [1.165, 1.54) is 0 Å². The first-order chi connectivity index (χ1) is 12.2. The molecule has 0 unspecified atom stereocenters. The predicted octanol–water partition coefficient (Wildman–Crippen LogP) is 2.33. The first-order valence-corrected chi connectivity index (χ1v) is 9.24. The number of nitrogens with zero attached hydrogens (tertiary/aromatic N) is 2. The molecule has 0 saturated carbocycles. The Morgan fingerprint density at radius 3 is 2.37 bits per heavy atom. The number of amides is 1. The SMILES string of the molecule is CCOc1ccccc1N1CCN(C(=O)C2(CN)CCOCC2)CC1.Cl.Cl. The third-order valence-corrected chi connectivity index (χ3v) is 5.37. The molecule has 0 aliphatic carbocycles. The highest BCUT2D eigenvalue weighted by atomic mass is 35.5. The minimum atomic E-state index is -0.427. The van der Waals surface area contributed by atoms with Crippen LogP contribution in [0.5, 0.6) is 5.75 Å². The van der Waals surface area contributed by atoms with Gasteiger partial charge >= 0.3 is 0 Å². The molecule has 2 heterocycles. The summed E-state index contributed by atoms with van der Waals surface area (Å²) in [5.41, 5.74) is 6.67. The number of benzene rings is 1. The van der Waals surface area contributed by atoms with E-state index in [0.29, 0.717) is 26.4 Å². The number of hydrogen-bond donors (Lipinski definition) is 1. The quantitative estimate of drug-likeness (QED) is 0.792. The first-order valence-electron chi connectivity index (χ1n) is 9.24. The average Bonchev–Trinajstić information content (AvgIpc) is 2.69. The molecule has 0 radical (unpaired) electrons. The third-order valence-electron chi connectivity index (χ3n) is 5.37. The van der Waals surface area contributed by atoms with Gasteiger partial charge < -0.3 is 25.0 Å². The Kier molecular flexibility index (Phi) is 9.67. The Bertz CT molecular complexity index is 589. The van der Waals surface area contributed by atoms with Gasteiger partial charge in [0, 0.05) is 45.9 Å². The monoisotopic (exact) mass is 419 g/mol. The zero-order chi connectivity index (χ0) is 17.7. The van der Waals surface area contributed by atoms with E-state index in [-0.39, 0.29) is 30.7 Å². The van der Waals surface area contributed by atoms with Gasteiger partial charge in [0.15, 0.2) is 0 Å². The summed E-state index contributed by atoms with van der Waals surface area (Å²) in [5, 5.41) is 0. The number of carbonyl (C=O) groups is 1. The highest BCUT2D eigenvalue weighted by Crippen LogP contribution is 2.33. The molecule has 0 aromatic heterocycles. The molecule has 154 valence electrons. The number of ether oxygens (including phenoxy) is 2. The summed E-state index contributed by atoms with van der Waals surface area (Å²) in [6.07, 6.45) is 1.46. The van der Waals surface area contributed by atoms with E-state index < -0.39 is 5.41 Å². The molecule has 2 aliphatic heterocycles. The maximum Gasteiger partial charge on any atom is 0.230 e. The lowest BCUT2D eigenvalue weighted by Crippen LogP contribution is -2.56. The zero-order valence-electron chi connectivity index (χ0n) is 15.9. The fraction of sp³-hybridized carbons (Fsp3) is 0.632. The minimum absolute atomic E-state index is 0. The number of para-hydroxylation sites is 2. The molecule has 3 rings (SSSR count). The van der Waals surface area contributed by atoms with Crippen molar-refractivity contribution < 1.29 is 14.3 Å². The number of nitrogens with two attached hydrogens (primary N) is 1. The fourth-order valence-electron chi connectivity index (χ4n) is 3.75. The smallest absolute Gasteiger partial charge is 0.230 e. The summed E-state index contributed by atoms with van der Waals surface area (Å²) < 4.78 is 11.2. The van der Waals surface area contributed by atoms with Crippen molar-refractivity contribution in [3.05, 3.63) is 24.3 Å². The van der Waals surface area contributed by atoms with Crippen molar-refractivity contribution in [2.45, 2.75) is 19.8 Å². The van der Waals surface area contributed by atoms with Crippen LogP contribution in [0.25, 0.3) is 0 Å². The van der Waals surface area contributed by atoms with Crippen molar-refractivity contribution >= 4 is 36.4 Å². The normalized spacial score (nSPS) is 18.9. The molecule has 0 atom stereocenters. The van der Waals surface area contributed by atoms with E-state index in [2.05, 4.69) is 11.0 Å². The average molecular weight is 420 g/mol. The van der Waals surface area contributed by atoms with E-state index in [1.807, 2.05) is 30.0 Å². The first kappa shape index (κ1) is 23.8. The van der Waals surface area contributed by atoms with Crippen molar-refractivity contribution in [2.24, 2.45) is 11.1 Å². The third kappa shape index (κ3) is 5.19. The molecule has 6 nitrogen and oxygen atoms in total. The Balaban J connectivity index is 0.00000182. The van der Waals surface area contributed by atoms with Crippen molar-refractivity contribution in [3.63, 3.8) is 0 Å². The van der Waals surface area contributed by atoms with Gasteiger partial charge in [-0.2, -0.15) is 0 Å². The molecule has 1 aromatic rings. The van der Waals surface area contributed by atoms with E-state index >= 15 is 0 Å². The lowest BCUT2D eigenvalue weighted by Gasteiger charge is -2.43. The molecule has 2 aliphatic rings. The van der Waals surface area contributed by atoms with Crippen molar-refractivity contribution in [1.29, 1.82) is 0 Å². The zero-order valence-corrected chi connectivity index (χ0v) is 17.5. The Labute approximate surface area is 174 Å². The van der Waals surface area contributed by atoms with Crippen LogP contribution in [0.3, 0.4) is 0 Å². The Morgan fingerprint density at radius 2 is 1.78 bits per heavy atom. The van der Waals surface area contributed by atoms with Crippen LogP contribution in [0.2, 0.25) is 0 Å². The maximum absolute atomic E-state index is 13.1. The van der Waals surface area contributed by atoms with Gasteiger partial charge in [-0.25, -0.2) is 0 Å². The summed E-state index contributed by atoms with van der Waals surface area (Å²) in [7, 11) is 0. The number of hydrogen-bond acceptors (Lipinski definition) is 5. The topological polar surface area (TPSA) is 68.0 Å². The van der Waals surface area contributed by atoms with Gasteiger partial charge in [-0.3, -0.25) is 4.79 Å². The number of carbonyl (C=O) groups excluding carboxylic acids is 1. The highest BCUT2D eigenvalue weighted by Gasteiger charge is 2.42. The molecule has 8 heteroatoms. The van der Waals surface area contributed by atoms with Crippen LogP contribution in [-0.2, 0) is 9.53 Å². The van der Waals surface area contributed by atoms with E-state index in [9.17, 15) is 4.79 Å². The summed E-state index contributed by atoms with van der Waals surface area (Å²) in [4.78, 5) is 17.3. The minimum Gasteiger partial charge on any atom is -0.492 e. The molecule has 2 fully saturated rings. The van der Waals surface area contributed by atoms with E-state index in [0.717, 1.165) is 50.5 Å². The van der Waals surface area contributed by atoms with Crippen LogP contribution >= 0.6 is 24.8 Å². The standard InChI is InChI=1S/C19H29N3O3.2ClH/c1-2-25-17-6-4-3-5-16(17)21-9-11-22(12-10-21)18(23)19(15-20)7-13-24-14-8-19;;/h3-6H,2,7-15,20H2,1H3;2*1H. The highest BCUT2D eigenvalue weighted by molar-refractivity contribution is 5.85. The van der Waals surface area contributed by atoms with E-state index in [4.69, 9.17) is 15.2 Å². The second-order valence-corrected chi connectivity index (χ2v) is 6.78. The van der Waals surface area contributed by atoms with Gasteiger partial charge in [0.25, 0.3) is 0 Å². The molecule has 27 heavy (non-hydrogen) atoms. The van der Waals surface area contributed by atoms with Crippen LogP contribution < -0.4 is 15.4 Å². The largest absolute Gasteiger partial charge is 0.492 e. The second kappa shape index (κ2) is 11.0. The lowest BCUT2D eigenvalue weighted by atomic mass is 9.78. The van der Waals surface area contributed by atoms with Crippen LogP contribution in [-0.4, -0.2) is 63.4 Å². The van der Waals surface area contributed by atoms with Gasteiger partial charge in [0.2, 0.25) is 5.91 Å². The van der Waals surface area contributed by atoms with E-state index in [1.54, 1.807) is 0 Å². The number of piperazine rings is 1. The summed E-state index contributed by atoms with van der Waals surface area (Å²) in [6, 6.07) is 8.11. The molecule has 0 bridgehead atoms. The Hall–Kier alpha value is -1.21. The summed E-state index contributed by atoms with van der Waals surface area (Å²) >= 11 is 0. The molecular formula is C19H31Cl2N3O3. The summed E-state index contributed by atoms with van der Waals surface area (Å²) in [6.45, 7) is 7.38. The molecular weight excluding hydrogens is 389 g/mol. The maximum atomic E-state index is 13.1. The Morgan fingerprint density at radius 1 is 1.15 bits per heavy atom. The van der Waals surface area contributed by atoms with Crippen molar-refractivity contribution in [2.75, 3.05) is 57.4 Å². The van der Waals surface area contributed by atoms with Crippen LogP contribution in [0.15, 0.2) is 24.3 Å². The fourth-order valence-corrected chi connectivity index (χ4v) is 3.75. The van der Waals surface area contributed by atoms with Crippen molar-refractivity contribution in [3.8, 4) is 5.75 Å². The van der Waals surface area contributed by atoms with Gasteiger partial charge in [-0.05, 0) is 31.9 Å². The molecule has 0 spiro atoms. The van der Waals surface area contributed by atoms with Gasteiger partial charge in [0.1, 0.15) is 5.75 Å². The van der Waals surface area contributed by atoms with Crippen LogP contribution in [0.1, 0.15) is 19.8 Å².